The van der Waals surface area contributed by atoms with Crippen LogP contribution >= 0.6 is 24.0 Å². The number of guanidine groups is 1. The van der Waals surface area contributed by atoms with Gasteiger partial charge in [0.25, 0.3) is 0 Å². The zero-order chi connectivity index (χ0) is 17.2. The average Bonchev–Trinajstić information content (AvgIpc) is 2.63. The minimum Gasteiger partial charge on any atom is -0.466 e. The Labute approximate surface area is 166 Å². The molecule has 0 unspecified atom stereocenters. The maximum atomic E-state index is 11.3. The van der Waals surface area contributed by atoms with Gasteiger partial charge >= 0.3 is 5.97 Å². The molecule has 1 aliphatic rings. The van der Waals surface area contributed by atoms with Crippen molar-refractivity contribution in [2.75, 3.05) is 51.3 Å². The van der Waals surface area contributed by atoms with Crippen molar-refractivity contribution in [1.82, 2.24) is 20.2 Å². The summed E-state index contributed by atoms with van der Waals surface area (Å²) in [4.78, 5) is 28.6. The fourth-order valence-electron chi connectivity index (χ4n) is 2.57. The average molecular weight is 462 g/mol. The molecular weight excluding hydrogens is 435 g/mol. The molecule has 8 nitrogen and oxygen atoms in total. The summed E-state index contributed by atoms with van der Waals surface area (Å²) in [5.74, 6) is 1.49. The zero-order valence-electron chi connectivity index (χ0n) is 14.8. The Hall–Kier alpha value is -1.65. The Kier molecular flexibility index (Phi) is 10.1. The fourth-order valence-corrected chi connectivity index (χ4v) is 2.57. The van der Waals surface area contributed by atoms with Gasteiger partial charge in [-0.2, -0.15) is 0 Å². The monoisotopic (exact) mass is 462 g/mol. The van der Waals surface area contributed by atoms with E-state index in [4.69, 9.17) is 4.74 Å². The quantitative estimate of drug-likeness (QED) is 0.223. The molecule has 0 atom stereocenters. The predicted octanol–water partition coefficient (Wildman–Crippen LogP) is 1.14. The third kappa shape index (κ3) is 7.00. The van der Waals surface area contributed by atoms with Crippen LogP contribution in [0.5, 0.6) is 0 Å². The highest BCUT2D eigenvalue weighted by atomic mass is 127. The normalized spacial score (nSPS) is 14.7. The highest BCUT2D eigenvalue weighted by Crippen LogP contribution is 2.09. The molecule has 0 saturated carbocycles. The smallest absolute Gasteiger partial charge is 0.305 e. The topological polar surface area (TPSA) is 83.0 Å². The van der Waals surface area contributed by atoms with E-state index in [1.54, 1.807) is 19.4 Å². The number of carbonyl (C=O) groups excluding carboxylic acids is 1. The highest BCUT2D eigenvalue weighted by Gasteiger charge is 2.20. The van der Waals surface area contributed by atoms with Crippen molar-refractivity contribution in [3.05, 3.63) is 18.5 Å². The minimum absolute atomic E-state index is 0. The number of aromatic nitrogens is 2. The Morgan fingerprint density at radius 3 is 2.56 bits per heavy atom. The molecule has 0 spiro atoms. The van der Waals surface area contributed by atoms with Crippen molar-refractivity contribution in [1.29, 1.82) is 0 Å². The van der Waals surface area contributed by atoms with Gasteiger partial charge in [0, 0.05) is 58.6 Å². The molecule has 25 heavy (non-hydrogen) atoms. The second-order valence-electron chi connectivity index (χ2n) is 5.41. The van der Waals surface area contributed by atoms with Gasteiger partial charge in [-0.1, -0.05) is 0 Å². The maximum absolute atomic E-state index is 11.3. The number of nitrogens with one attached hydrogen (secondary N) is 1. The summed E-state index contributed by atoms with van der Waals surface area (Å²) in [5, 5.41) is 3.31. The van der Waals surface area contributed by atoms with E-state index in [9.17, 15) is 4.79 Å². The van der Waals surface area contributed by atoms with Gasteiger partial charge in [-0.15, -0.1) is 24.0 Å². The van der Waals surface area contributed by atoms with Gasteiger partial charge < -0.3 is 19.9 Å². The van der Waals surface area contributed by atoms with E-state index in [0.29, 0.717) is 19.6 Å². The fraction of sp³-hybridized carbons (Fsp3) is 0.625. The molecule has 2 rings (SSSR count). The van der Waals surface area contributed by atoms with Crippen LogP contribution in [0, 0.1) is 0 Å². The Balaban J connectivity index is 0.00000312. The van der Waals surface area contributed by atoms with Gasteiger partial charge in [0.1, 0.15) is 0 Å². The molecule has 1 aromatic heterocycles. The number of halogens is 1. The first-order valence-corrected chi connectivity index (χ1v) is 8.37. The van der Waals surface area contributed by atoms with Crippen molar-refractivity contribution < 1.29 is 9.53 Å². The summed E-state index contributed by atoms with van der Waals surface area (Å²) in [6.45, 7) is 6.38. The van der Waals surface area contributed by atoms with Crippen LogP contribution in [0.1, 0.15) is 19.8 Å². The van der Waals surface area contributed by atoms with E-state index >= 15 is 0 Å². The third-order valence-corrected chi connectivity index (χ3v) is 3.77. The van der Waals surface area contributed by atoms with E-state index in [1.165, 1.54) is 0 Å². The number of aliphatic imine (C=N–C) groups is 1. The van der Waals surface area contributed by atoms with Crippen LogP contribution in [0.3, 0.4) is 0 Å². The number of hydrogen-bond acceptors (Lipinski definition) is 6. The van der Waals surface area contributed by atoms with Gasteiger partial charge in [0.05, 0.1) is 6.61 Å². The first-order chi connectivity index (χ1) is 11.7. The van der Waals surface area contributed by atoms with Gasteiger partial charge in [-0.25, -0.2) is 9.97 Å². The molecule has 0 amide bonds. The predicted molar refractivity (Wildman–Crippen MR) is 108 cm³/mol. The zero-order valence-corrected chi connectivity index (χ0v) is 17.2. The molecule has 1 saturated heterocycles. The molecule has 1 aliphatic heterocycles. The standard InChI is InChI=1S/C16H26N6O2.HI/c1-3-24-14(23)6-4-7-18-15(17-2)21-10-12-22(13-11-21)16-19-8-5-9-20-16;/h5,8-9H,3-4,6-7,10-13H2,1-2H3,(H,17,18);1H. The second kappa shape index (κ2) is 11.8. The molecule has 0 radical (unpaired) electrons. The van der Waals surface area contributed by atoms with E-state index in [-0.39, 0.29) is 29.9 Å². The van der Waals surface area contributed by atoms with Gasteiger partial charge in [0.2, 0.25) is 5.95 Å². The van der Waals surface area contributed by atoms with Gasteiger partial charge in [-0.05, 0) is 19.4 Å². The number of anilines is 1. The Morgan fingerprint density at radius 1 is 1.28 bits per heavy atom. The summed E-state index contributed by atoms with van der Waals surface area (Å²) in [5.41, 5.74) is 0. The summed E-state index contributed by atoms with van der Waals surface area (Å²) in [6.07, 6.45) is 4.68. The number of ether oxygens (including phenoxy) is 1. The first kappa shape index (κ1) is 21.4. The molecule has 2 heterocycles. The van der Waals surface area contributed by atoms with Crippen molar-refractivity contribution >= 4 is 41.9 Å². The summed E-state index contributed by atoms with van der Waals surface area (Å²) < 4.78 is 4.92. The second-order valence-corrected chi connectivity index (χ2v) is 5.41. The van der Waals surface area contributed by atoms with Crippen LogP contribution in [0.25, 0.3) is 0 Å². The highest BCUT2D eigenvalue weighted by molar-refractivity contribution is 14.0. The number of carbonyl (C=O) groups is 1. The van der Waals surface area contributed by atoms with Gasteiger partial charge in [0.15, 0.2) is 5.96 Å². The molecule has 9 heteroatoms. The molecular formula is C16H27IN6O2. The van der Waals surface area contributed by atoms with Crippen molar-refractivity contribution in [2.24, 2.45) is 4.99 Å². The summed E-state index contributed by atoms with van der Waals surface area (Å²) in [6, 6.07) is 1.82. The van der Waals surface area contributed by atoms with E-state index in [2.05, 4.69) is 30.1 Å². The van der Waals surface area contributed by atoms with Crippen molar-refractivity contribution in [3.63, 3.8) is 0 Å². The lowest BCUT2D eigenvalue weighted by molar-refractivity contribution is -0.143. The summed E-state index contributed by atoms with van der Waals surface area (Å²) in [7, 11) is 1.78. The van der Waals surface area contributed by atoms with Crippen molar-refractivity contribution in [2.45, 2.75) is 19.8 Å². The Bertz CT molecular complexity index is 535. The SMILES string of the molecule is CCOC(=O)CCCNC(=NC)N1CCN(c2ncccn2)CC1.I. The van der Waals surface area contributed by atoms with Crippen LogP contribution in [-0.2, 0) is 9.53 Å². The van der Waals surface area contributed by atoms with Crippen molar-refractivity contribution in [3.8, 4) is 0 Å². The number of esters is 1. The van der Waals surface area contributed by atoms with E-state index in [1.807, 2.05) is 13.0 Å². The third-order valence-electron chi connectivity index (χ3n) is 3.77. The summed E-state index contributed by atoms with van der Waals surface area (Å²) >= 11 is 0. The minimum atomic E-state index is -0.147. The number of rotatable bonds is 6. The maximum Gasteiger partial charge on any atom is 0.305 e. The van der Waals surface area contributed by atoms with E-state index in [0.717, 1.165) is 44.5 Å². The lowest BCUT2D eigenvalue weighted by Gasteiger charge is -2.36. The van der Waals surface area contributed by atoms with Crippen LogP contribution < -0.4 is 10.2 Å². The number of piperazine rings is 1. The largest absolute Gasteiger partial charge is 0.466 e. The lowest BCUT2D eigenvalue weighted by Crippen LogP contribution is -2.53. The van der Waals surface area contributed by atoms with Crippen LogP contribution in [0.4, 0.5) is 5.95 Å². The lowest BCUT2D eigenvalue weighted by atomic mass is 10.3. The van der Waals surface area contributed by atoms with Crippen LogP contribution in [0.2, 0.25) is 0 Å². The van der Waals surface area contributed by atoms with E-state index < -0.39 is 0 Å². The molecule has 0 bridgehead atoms. The first-order valence-electron chi connectivity index (χ1n) is 8.37. The molecule has 0 aliphatic carbocycles. The molecule has 1 aromatic rings. The van der Waals surface area contributed by atoms with Crippen LogP contribution in [0.15, 0.2) is 23.5 Å². The molecule has 140 valence electrons. The molecule has 1 fully saturated rings. The number of hydrogen-bond donors (Lipinski definition) is 1. The molecule has 1 N–H and O–H groups in total. The molecule has 0 aromatic carbocycles. The van der Waals surface area contributed by atoms with Crippen LogP contribution in [-0.4, -0.2) is 73.2 Å². The van der Waals surface area contributed by atoms with Gasteiger partial charge in [-0.3, -0.25) is 9.79 Å². The number of nitrogens with zero attached hydrogens (tertiary/aromatic N) is 5. The Morgan fingerprint density at radius 2 is 1.96 bits per heavy atom.